The lowest BCUT2D eigenvalue weighted by atomic mass is 10.2. The van der Waals surface area contributed by atoms with E-state index in [1.54, 1.807) is 42.6 Å². The zero-order chi connectivity index (χ0) is 22.8. The minimum atomic E-state index is -0.758. The smallest absolute Gasteiger partial charge is 0.359 e. The van der Waals surface area contributed by atoms with Crippen LogP contribution < -0.4 is 10.9 Å². The zero-order valence-corrected chi connectivity index (χ0v) is 19.0. The third-order valence-electron chi connectivity index (χ3n) is 4.54. The summed E-state index contributed by atoms with van der Waals surface area (Å²) < 4.78 is 21.1. The maximum Gasteiger partial charge on any atom is 0.359 e. The maximum atomic E-state index is 14.4. The van der Waals surface area contributed by atoms with Crippen LogP contribution in [0.4, 0.5) is 9.39 Å². The molecule has 0 aliphatic rings. The summed E-state index contributed by atoms with van der Waals surface area (Å²) >= 11 is 4.38. The predicted molar refractivity (Wildman–Crippen MR) is 123 cm³/mol. The molecule has 0 saturated heterocycles. The molecule has 7 nitrogen and oxygen atoms in total. The lowest BCUT2D eigenvalue weighted by Gasteiger charge is -2.10. The Morgan fingerprint density at radius 3 is 2.59 bits per heavy atom. The van der Waals surface area contributed by atoms with Crippen molar-refractivity contribution in [3.8, 4) is 5.69 Å². The molecule has 2 aromatic heterocycles. The molecule has 0 bridgehead atoms. The van der Waals surface area contributed by atoms with Crippen molar-refractivity contribution in [3.05, 3.63) is 85.8 Å². The number of anilines is 1. The van der Waals surface area contributed by atoms with Gasteiger partial charge in [0.25, 0.3) is 11.5 Å². The average molecular weight is 516 g/mol. The molecule has 1 N–H and O–H groups in total. The van der Waals surface area contributed by atoms with Gasteiger partial charge in [-0.1, -0.05) is 28.1 Å². The summed E-state index contributed by atoms with van der Waals surface area (Å²) in [6.07, 6.45) is 0. The van der Waals surface area contributed by atoms with Crippen LogP contribution in [0.5, 0.6) is 0 Å². The standard InChI is InChI=1S/C22H15BrFN3O4S/c1-2-31-22(30)18-14-11-32-20(25-19(28)12-7-9-13(23)10-8-12)17(14)21(29)27(26-18)16-6-4-3-5-15(16)24/h3-11H,2H2,1H3,(H,25,28). The third kappa shape index (κ3) is 4.06. The number of nitrogens with one attached hydrogen (secondary N) is 1. The van der Waals surface area contributed by atoms with Gasteiger partial charge in [-0.25, -0.2) is 9.18 Å². The number of hydrogen-bond acceptors (Lipinski definition) is 6. The molecule has 2 aromatic carbocycles. The van der Waals surface area contributed by atoms with Crippen molar-refractivity contribution < 1.29 is 18.7 Å². The normalized spacial score (nSPS) is 10.8. The van der Waals surface area contributed by atoms with Gasteiger partial charge in [0, 0.05) is 20.8 Å². The van der Waals surface area contributed by atoms with E-state index in [-0.39, 0.29) is 33.8 Å². The van der Waals surface area contributed by atoms with Gasteiger partial charge < -0.3 is 10.1 Å². The van der Waals surface area contributed by atoms with E-state index in [4.69, 9.17) is 4.74 Å². The molecular formula is C22H15BrFN3O4S. The van der Waals surface area contributed by atoms with Gasteiger partial charge in [-0.2, -0.15) is 9.78 Å². The Hall–Kier alpha value is -3.37. The SMILES string of the molecule is CCOC(=O)c1nn(-c2ccccc2F)c(=O)c2c(NC(=O)c3ccc(Br)cc3)scc12. The number of rotatable bonds is 5. The molecule has 0 atom stereocenters. The first kappa shape index (κ1) is 21.8. The van der Waals surface area contributed by atoms with Crippen LogP contribution in [0.2, 0.25) is 0 Å². The molecule has 0 radical (unpaired) electrons. The average Bonchev–Trinajstić information content (AvgIpc) is 3.19. The predicted octanol–water partition coefficient (Wildman–Crippen LogP) is 4.78. The molecule has 0 aliphatic carbocycles. The van der Waals surface area contributed by atoms with E-state index in [0.717, 1.165) is 20.5 Å². The number of ether oxygens (including phenoxy) is 1. The van der Waals surface area contributed by atoms with E-state index in [1.807, 2.05) is 0 Å². The number of nitrogens with zero attached hydrogens (tertiary/aromatic N) is 2. The molecule has 2 heterocycles. The first-order chi connectivity index (χ1) is 15.4. The van der Waals surface area contributed by atoms with Crippen LogP contribution >= 0.6 is 27.3 Å². The molecule has 0 fully saturated rings. The van der Waals surface area contributed by atoms with Crippen LogP contribution in [0.25, 0.3) is 16.5 Å². The summed E-state index contributed by atoms with van der Waals surface area (Å²) in [5.74, 6) is -1.88. The first-order valence-corrected chi connectivity index (χ1v) is 11.1. The number of benzene rings is 2. The van der Waals surface area contributed by atoms with Crippen molar-refractivity contribution in [3.63, 3.8) is 0 Å². The van der Waals surface area contributed by atoms with Gasteiger partial charge in [0.15, 0.2) is 5.69 Å². The summed E-state index contributed by atoms with van der Waals surface area (Å²) in [6, 6.07) is 12.3. The van der Waals surface area contributed by atoms with E-state index in [2.05, 4.69) is 26.3 Å². The molecule has 0 unspecified atom stereocenters. The van der Waals surface area contributed by atoms with E-state index < -0.39 is 23.3 Å². The van der Waals surface area contributed by atoms with E-state index in [0.29, 0.717) is 5.56 Å². The Kier molecular flexibility index (Phi) is 6.15. The summed E-state index contributed by atoms with van der Waals surface area (Å²) in [6.45, 7) is 1.73. The number of carbonyl (C=O) groups excluding carboxylic acids is 2. The summed E-state index contributed by atoms with van der Waals surface area (Å²) in [4.78, 5) is 38.5. The van der Waals surface area contributed by atoms with Crippen LogP contribution in [-0.4, -0.2) is 28.3 Å². The Balaban J connectivity index is 1.89. The number of para-hydroxylation sites is 1. The number of thiophene rings is 1. The minimum Gasteiger partial charge on any atom is -0.461 e. The van der Waals surface area contributed by atoms with Crippen molar-refractivity contribution >= 4 is 54.9 Å². The highest BCUT2D eigenvalue weighted by molar-refractivity contribution is 9.10. The number of hydrogen-bond donors (Lipinski definition) is 1. The number of carbonyl (C=O) groups is 2. The van der Waals surface area contributed by atoms with Gasteiger partial charge in [-0.3, -0.25) is 9.59 Å². The van der Waals surface area contributed by atoms with E-state index >= 15 is 0 Å². The molecule has 0 saturated carbocycles. The highest BCUT2D eigenvalue weighted by Crippen LogP contribution is 2.31. The van der Waals surface area contributed by atoms with E-state index in [1.165, 1.54) is 18.2 Å². The Bertz CT molecular complexity index is 1400. The van der Waals surface area contributed by atoms with Crippen LogP contribution in [0, 0.1) is 5.82 Å². The summed E-state index contributed by atoms with van der Waals surface area (Å²) in [5, 5.41) is 8.82. The molecule has 162 valence electrons. The van der Waals surface area contributed by atoms with Gasteiger partial charge in [0.2, 0.25) is 0 Å². The van der Waals surface area contributed by atoms with Crippen LogP contribution in [0.1, 0.15) is 27.8 Å². The Morgan fingerprint density at radius 1 is 1.19 bits per heavy atom. The maximum absolute atomic E-state index is 14.4. The zero-order valence-electron chi connectivity index (χ0n) is 16.6. The molecule has 0 spiro atoms. The summed E-state index contributed by atoms with van der Waals surface area (Å²) in [7, 11) is 0. The van der Waals surface area contributed by atoms with E-state index in [9.17, 15) is 18.8 Å². The molecule has 4 aromatic rings. The topological polar surface area (TPSA) is 90.3 Å². The Morgan fingerprint density at radius 2 is 1.91 bits per heavy atom. The second-order valence-electron chi connectivity index (χ2n) is 6.55. The lowest BCUT2D eigenvalue weighted by Crippen LogP contribution is -2.26. The van der Waals surface area contributed by atoms with Crippen LogP contribution in [0.15, 0.2) is 63.2 Å². The van der Waals surface area contributed by atoms with Gasteiger partial charge in [0.05, 0.1) is 12.0 Å². The monoisotopic (exact) mass is 515 g/mol. The molecule has 10 heteroatoms. The van der Waals surface area contributed by atoms with Gasteiger partial charge in [-0.05, 0) is 43.3 Å². The number of esters is 1. The van der Waals surface area contributed by atoms with Gasteiger partial charge in [0.1, 0.15) is 16.5 Å². The molecule has 32 heavy (non-hydrogen) atoms. The van der Waals surface area contributed by atoms with Crippen molar-refractivity contribution in [2.45, 2.75) is 6.92 Å². The molecular weight excluding hydrogens is 501 g/mol. The fraction of sp³-hybridized carbons (Fsp3) is 0.0909. The minimum absolute atomic E-state index is 0.0433. The number of halogens is 2. The van der Waals surface area contributed by atoms with Crippen molar-refractivity contribution in [2.24, 2.45) is 0 Å². The number of aromatic nitrogens is 2. The largest absolute Gasteiger partial charge is 0.461 e. The van der Waals surface area contributed by atoms with Crippen molar-refractivity contribution in [1.29, 1.82) is 0 Å². The first-order valence-electron chi connectivity index (χ1n) is 9.44. The van der Waals surface area contributed by atoms with Gasteiger partial charge >= 0.3 is 5.97 Å². The second-order valence-corrected chi connectivity index (χ2v) is 8.35. The van der Waals surface area contributed by atoms with Crippen LogP contribution in [-0.2, 0) is 4.74 Å². The lowest BCUT2D eigenvalue weighted by molar-refractivity contribution is 0.0519. The molecule has 0 aliphatic heterocycles. The highest BCUT2D eigenvalue weighted by Gasteiger charge is 2.24. The fourth-order valence-corrected chi connectivity index (χ4v) is 4.25. The van der Waals surface area contributed by atoms with Crippen molar-refractivity contribution in [2.75, 3.05) is 11.9 Å². The molecule has 4 rings (SSSR count). The second kappa shape index (κ2) is 9.01. The fourth-order valence-electron chi connectivity index (χ4n) is 3.06. The summed E-state index contributed by atoms with van der Waals surface area (Å²) in [5.41, 5.74) is -0.569. The highest BCUT2D eigenvalue weighted by atomic mass is 79.9. The molecule has 1 amide bonds. The quantitative estimate of drug-likeness (QED) is 0.386. The van der Waals surface area contributed by atoms with Crippen LogP contribution in [0.3, 0.4) is 0 Å². The van der Waals surface area contributed by atoms with Gasteiger partial charge in [-0.15, -0.1) is 11.3 Å². The number of amides is 1. The Labute approximate surface area is 193 Å². The van der Waals surface area contributed by atoms with Crippen molar-refractivity contribution in [1.82, 2.24) is 9.78 Å². The number of fused-ring (bicyclic) bond motifs is 1. The third-order valence-corrected chi connectivity index (χ3v) is 5.96.